The molecule has 0 saturated heterocycles. The Morgan fingerprint density at radius 3 is 2.60 bits per heavy atom. The molecule has 1 aliphatic rings. The Morgan fingerprint density at radius 2 is 1.86 bits per heavy atom. The van der Waals surface area contributed by atoms with E-state index in [0.29, 0.717) is 50.5 Å². The topological polar surface area (TPSA) is 90.3 Å². The smallest absolute Gasteiger partial charge is 0.255 e. The summed E-state index contributed by atoms with van der Waals surface area (Å²) in [6, 6.07) is 18.1. The predicted octanol–water partition coefficient (Wildman–Crippen LogP) is 8.30. The van der Waals surface area contributed by atoms with E-state index in [4.69, 9.17) is 42.8 Å². The number of carbonyl (C=O) groups is 1. The maximum Gasteiger partial charge on any atom is 0.255 e. The van der Waals surface area contributed by atoms with Gasteiger partial charge in [-0.15, -0.1) is 5.10 Å². The maximum atomic E-state index is 13.9. The molecule has 0 aliphatic carbocycles. The average Bonchev–Trinajstić information content (AvgIpc) is 3.39. The molecule has 0 bridgehead atoms. The first-order valence-corrected chi connectivity index (χ1v) is 15.8. The molecule has 8 nitrogen and oxygen atoms in total. The Hall–Kier alpha value is -3.66. The number of fused-ring (bicyclic) bond motifs is 1. The third-order valence-electron chi connectivity index (χ3n) is 6.89. The van der Waals surface area contributed by atoms with E-state index < -0.39 is 6.04 Å². The lowest BCUT2D eigenvalue weighted by atomic mass is 9.94. The first-order chi connectivity index (χ1) is 20.8. The minimum absolute atomic E-state index is 0.233. The van der Waals surface area contributed by atoms with Crippen LogP contribution >= 0.6 is 35.0 Å². The number of benzene rings is 3. The van der Waals surface area contributed by atoms with Crippen LogP contribution in [-0.2, 0) is 11.4 Å². The summed E-state index contributed by atoms with van der Waals surface area (Å²) in [6.45, 7) is 8.53. The van der Waals surface area contributed by atoms with Crippen LogP contribution in [0.5, 0.6) is 11.5 Å². The van der Waals surface area contributed by atoms with E-state index in [1.165, 1.54) is 0 Å². The van der Waals surface area contributed by atoms with Crippen molar-refractivity contribution in [2.45, 2.75) is 51.9 Å². The highest BCUT2D eigenvalue weighted by atomic mass is 35.5. The van der Waals surface area contributed by atoms with E-state index >= 15 is 0 Å². The molecule has 2 heterocycles. The monoisotopic (exact) mass is 637 g/mol. The number of thioether (sulfide) groups is 1. The quantitative estimate of drug-likeness (QED) is 0.160. The number of anilines is 2. The van der Waals surface area contributed by atoms with Crippen molar-refractivity contribution in [2.75, 3.05) is 23.0 Å². The van der Waals surface area contributed by atoms with Gasteiger partial charge >= 0.3 is 0 Å². The largest absolute Gasteiger partial charge is 0.490 e. The molecule has 1 atom stereocenters. The number of amides is 1. The second-order valence-electron chi connectivity index (χ2n) is 10.0. The molecule has 1 aromatic heterocycles. The van der Waals surface area contributed by atoms with Gasteiger partial charge in [-0.3, -0.25) is 4.79 Å². The molecule has 1 amide bonds. The van der Waals surface area contributed by atoms with Crippen LogP contribution in [0.25, 0.3) is 0 Å². The van der Waals surface area contributed by atoms with Gasteiger partial charge in [-0.2, -0.15) is 4.98 Å². The molecule has 3 aromatic carbocycles. The Bertz CT molecular complexity index is 1670. The SMILES string of the molecule is CCCSc1nc2n(n1)C(c1ccc(OCc3ccc(Cl)cc3Cl)c(OCC)c1)C(C(=O)Nc1ccccc1C)=C(C)N2. The van der Waals surface area contributed by atoms with Crippen LogP contribution in [0.1, 0.15) is 49.9 Å². The summed E-state index contributed by atoms with van der Waals surface area (Å²) in [5.41, 5.74) is 4.53. The highest BCUT2D eigenvalue weighted by Crippen LogP contribution is 2.40. The van der Waals surface area contributed by atoms with Gasteiger partial charge in [0.1, 0.15) is 12.6 Å². The summed E-state index contributed by atoms with van der Waals surface area (Å²) in [7, 11) is 0. The number of aryl methyl sites for hydroxylation is 1. The number of hydrogen-bond donors (Lipinski definition) is 2. The fourth-order valence-electron chi connectivity index (χ4n) is 4.77. The van der Waals surface area contributed by atoms with Crippen molar-refractivity contribution in [1.82, 2.24) is 14.8 Å². The summed E-state index contributed by atoms with van der Waals surface area (Å²) in [4.78, 5) is 18.7. The van der Waals surface area contributed by atoms with Crippen LogP contribution in [0.4, 0.5) is 11.6 Å². The van der Waals surface area contributed by atoms with E-state index in [2.05, 4.69) is 17.6 Å². The first-order valence-electron chi connectivity index (χ1n) is 14.1. The van der Waals surface area contributed by atoms with Gasteiger partial charge in [0.05, 0.1) is 12.2 Å². The molecule has 43 heavy (non-hydrogen) atoms. The molecule has 11 heteroatoms. The summed E-state index contributed by atoms with van der Waals surface area (Å²) in [5.74, 6) is 2.32. The van der Waals surface area contributed by atoms with Crippen molar-refractivity contribution in [3.63, 3.8) is 0 Å². The van der Waals surface area contributed by atoms with Crippen LogP contribution in [0.15, 0.2) is 77.1 Å². The van der Waals surface area contributed by atoms with Crippen molar-refractivity contribution in [1.29, 1.82) is 0 Å². The number of nitrogens with zero attached hydrogens (tertiary/aromatic N) is 3. The Labute approximate surface area is 265 Å². The number of nitrogens with one attached hydrogen (secondary N) is 2. The molecule has 0 radical (unpaired) electrons. The fourth-order valence-corrected chi connectivity index (χ4v) is 5.91. The molecular weight excluding hydrogens is 605 g/mol. The third kappa shape index (κ3) is 6.95. The van der Waals surface area contributed by atoms with Crippen LogP contribution in [0.2, 0.25) is 10.0 Å². The molecule has 5 rings (SSSR count). The number of rotatable bonds is 11. The van der Waals surface area contributed by atoms with Crippen LogP contribution < -0.4 is 20.1 Å². The zero-order chi connectivity index (χ0) is 30.5. The standard InChI is InChI=1S/C32H33Cl2N5O3S/c1-5-15-43-32-37-31-35-20(4)28(30(40)36-25-10-8-7-9-19(25)3)29(39(31)38-32)21-12-14-26(27(16-21)41-6-2)42-18-22-11-13-23(33)17-24(22)34/h7-14,16-17,29H,5-6,15,18H2,1-4H3,(H,36,40)(H,35,37,38). The number of allylic oxidation sites excluding steroid dienone is 1. The normalized spacial score (nSPS) is 14.2. The number of ether oxygens (including phenoxy) is 2. The van der Waals surface area contributed by atoms with Crippen molar-refractivity contribution < 1.29 is 14.3 Å². The maximum absolute atomic E-state index is 13.9. The molecule has 0 saturated carbocycles. The number of aromatic nitrogens is 3. The van der Waals surface area contributed by atoms with Crippen LogP contribution in [-0.4, -0.2) is 33.0 Å². The lowest BCUT2D eigenvalue weighted by molar-refractivity contribution is -0.113. The second kappa shape index (κ2) is 13.8. The third-order valence-corrected chi connectivity index (χ3v) is 8.52. The highest BCUT2D eigenvalue weighted by Gasteiger charge is 2.35. The summed E-state index contributed by atoms with van der Waals surface area (Å²) >= 11 is 14.0. The molecule has 0 spiro atoms. The van der Waals surface area contributed by atoms with Gasteiger partial charge in [-0.25, -0.2) is 4.68 Å². The van der Waals surface area contributed by atoms with Gasteiger partial charge < -0.3 is 20.1 Å². The number of hydrogen-bond acceptors (Lipinski definition) is 7. The molecule has 0 fully saturated rings. The van der Waals surface area contributed by atoms with Crippen molar-refractivity contribution >= 4 is 52.5 Å². The van der Waals surface area contributed by atoms with Crippen LogP contribution in [0.3, 0.4) is 0 Å². The highest BCUT2D eigenvalue weighted by molar-refractivity contribution is 7.99. The summed E-state index contributed by atoms with van der Waals surface area (Å²) < 4.78 is 14.0. The lowest BCUT2D eigenvalue weighted by Crippen LogP contribution is -2.31. The fraction of sp³-hybridized carbons (Fsp3) is 0.281. The Kier molecular flexibility index (Phi) is 9.85. The van der Waals surface area contributed by atoms with Crippen molar-refractivity contribution in [3.8, 4) is 11.5 Å². The van der Waals surface area contributed by atoms with E-state index in [-0.39, 0.29) is 12.5 Å². The molecule has 2 N–H and O–H groups in total. The van der Waals surface area contributed by atoms with Gasteiger partial charge in [0.15, 0.2) is 11.5 Å². The Balaban J connectivity index is 1.53. The van der Waals surface area contributed by atoms with Gasteiger partial charge in [-0.1, -0.05) is 72.2 Å². The van der Waals surface area contributed by atoms with Gasteiger partial charge in [-0.05, 0) is 68.7 Å². The first kappa shape index (κ1) is 30.8. The molecule has 1 aliphatic heterocycles. The van der Waals surface area contributed by atoms with Crippen LogP contribution in [0, 0.1) is 6.92 Å². The minimum Gasteiger partial charge on any atom is -0.490 e. The van der Waals surface area contributed by atoms with Crippen molar-refractivity contribution in [3.05, 3.63) is 98.7 Å². The number of halogens is 2. The summed E-state index contributed by atoms with van der Waals surface area (Å²) in [6.07, 6.45) is 0.993. The van der Waals surface area contributed by atoms with E-state index in [1.54, 1.807) is 28.6 Å². The molecular formula is C32H33Cl2N5O3S. The van der Waals surface area contributed by atoms with Gasteiger partial charge in [0, 0.05) is 32.7 Å². The predicted molar refractivity (Wildman–Crippen MR) is 174 cm³/mol. The minimum atomic E-state index is -0.567. The average molecular weight is 639 g/mol. The molecule has 4 aromatic rings. The Morgan fingerprint density at radius 1 is 1.05 bits per heavy atom. The molecule has 224 valence electrons. The zero-order valence-electron chi connectivity index (χ0n) is 24.4. The van der Waals surface area contributed by atoms with Gasteiger partial charge in [0.2, 0.25) is 11.1 Å². The van der Waals surface area contributed by atoms with Crippen molar-refractivity contribution in [2.24, 2.45) is 0 Å². The van der Waals surface area contributed by atoms with Gasteiger partial charge in [0.25, 0.3) is 5.91 Å². The lowest BCUT2D eigenvalue weighted by Gasteiger charge is -2.29. The van der Waals surface area contributed by atoms with E-state index in [9.17, 15) is 4.79 Å². The van der Waals surface area contributed by atoms with E-state index in [0.717, 1.165) is 34.6 Å². The number of carbonyl (C=O) groups excluding carboxylic acids is 1. The zero-order valence-corrected chi connectivity index (χ0v) is 26.7. The second-order valence-corrected chi connectivity index (χ2v) is 11.9. The van der Waals surface area contributed by atoms with E-state index in [1.807, 2.05) is 69.3 Å². The summed E-state index contributed by atoms with van der Waals surface area (Å²) in [5, 5.41) is 13.0. The molecule has 1 unspecified atom stereocenters. The number of para-hydroxylation sites is 1.